The van der Waals surface area contributed by atoms with Crippen LogP contribution in [0.2, 0.25) is 0 Å². The predicted octanol–water partition coefficient (Wildman–Crippen LogP) is 3.43. The van der Waals surface area contributed by atoms with E-state index in [-0.39, 0.29) is 11.5 Å². The van der Waals surface area contributed by atoms with Crippen LogP contribution >= 0.6 is 0 Å². The number of anilines is 1. The van der Waals surface area contributed by atoms with Crippen molar-refractivity contribution in [3.63, 3.8) is 0 Å². The number of rotatable bonds is 6. The number of benzene rings is 1. The van der Waals surface area contributed by atoms with E-state index in [4.69, 9.17) is 4.74 Å². The molecule has 0 spiro atoms. The van der Waals surface area contributed by atoms with Gasteiger partial charge < -0.3 is 19.2 Å². The van der Waals surface area contributed by atoms with Crippen LogP contribution in [0.3, 0.4) is 0 Å². The number of hydrogen-bond acceptors (Lipinski definition) is 4. The number of carbonyl (C=O) groups excluding carboxylic acids is 2. The highest BCUT2D eigenvalue weighted by Crippen LogP contribution is 2.18. The first-order chi connectivity index (χ1) is 13.8. The average molecular weight is 395 g/mol. The van der Waals surface area contributed by atoms with E-state index in [2.05, 4.69) is 5.32 Å². The topological polar surface area (TPSA) is 82.3 Å². The number of aromatic nitrogens is 2. The second kappa shape index (κ2) is 8.34. The molecule has 1 aromatic carbocycles. The first-order valence-electron chi connectivity index (χ1n) is 9.59. The lowest BCUT2D eigenvalue weighted by molar-refractivity contribution is 0.0526. The van der Waals surface area contributed by atoms with Gasteiger partial charge in [-0.2, -0.15) is 0 Å². The molecule has 0 fully saturated rings. The lowest BCUT2D eigenvalue weighted by atomic mass is 10.2. The van der Waals surface area contributed by atoms with Gasteiger partial charge in [0.05, 0.1) is 23.1 Å². The number of ether oxygens (including phenoxy) is 1. The Balaban J connectivity index is 1.85. The molecule has 1 amide bonds. The summed E-state index contributed by atoms with van der Waals surface area (Å²) in [4.78, 5) is 37.2. The van der Waals surface area contributed by atoms with Crippen molar-refractivity contribution in [2.75, 3.05) is 11.9 Å². The highest BCUT2D eigenvalue weighted by atomic mass is 16.5. The highest BCUT2D eigenvalue weighted by molar-refractivity contribution is 6.06. The van der Waals surface area contributed by atoms with Crippen molar-refractivity contribution in [2.45, 2.75) is 27.3 Å². The SMILES string of the molecule is CCOC(=O)c1ccc(NC(=O)c2cc3c(=O)n(CC(C)C)ccc3n2C)cc1. The molecule has 7 nitrogen and oxygen atoms in total. The van der Waals surface area contributed by atoms with E-state index in [1.54, 1.807) is 59.6 Å². The minimum atomic E-state index is -0.406. The number of carbonyl (C=O) groups is 2. The van der Waals surface area contributed by atoms with E-state index < -0.39 is 5.97 Å². The number of aryl methyl sites for hydroxylation is 1. The molecule has 29 heavy (non-hydrogen) atoms. The summed E-state index contributed by atoms with van der Waals surface area (Å²) < 4.78 is 8.33. The molecule has 3 aromatic rings. The summed E-state index contributed by atoms with van der Waals surface area (Å²) in [6.45, 7) is 6.77. The largest absolute Gasteiger partial charge is 0.462 e. The zero-order chi connectivity index (χ0) is 21.1. The predicted molar refractivity (Wildman–Crippen MR) is 112 cm³/mol. The molecule has 152 valence electrons. The van der Waals surface area contributed by atoms with Crippen LogP contribution in [0.5, 0.6) is 0 Å². The normalized spacial score (nSPS) is 11.1. The quantitative estimate of drug-likeness (QED) is 0.649. The zero-order valence-corrected chi connectivity index (χ0v) is 17.1. The smallest absolute Gasteiger partial charge is 0.338 e. The van der Waals surface area contributed by atoms with Crippen LogP contribution in [-0.4, -0.2) is 27.6 Å². The Bertz CT molecular complexity index is 1110. The van der Waals surface area contributed by atoms with Crippen molar-refractivity contribution in [2.24, 2.45) is 13.0 Å². The van der Waals surface area contributed by atoms with E-state index in [9.17, 15) is 14.4 Å². The first-order valence-corrected chi connectivity index (χ1v) is 9.59. The molecule has 0 aliphatic carbocycles. The molecule has 0 unspecified atom stereocenters. The van der Waals surface area contributed by atoms with Crippen molar-refractivity contribution < 1.29 is 14.3 Å². The van der Waals surface area contributed by atoms with Gasteiger partial charge in [-0.25, -0.2) is 4.79 Å². The van der Waals surface area contributed by atoms with Crippen LogP contribution < -0.4 is 10.9 Å². The van der Waals surface area contributed by atoms with Gasteiger partial charge in [0.25, 0.3) is 11.5 Å². The van der Waals surface area contributed by atoms with Gasteiger partial charge in [0.15, 0.2) is 0 Å². The molecule has 0 saturated heterocycles. The molecular formula is C22H25N3O4. The van der Waals surface area contributed by atoms with Crippen molar-refractivity contribution in [1.82, 2.24) is 9.13 Å². The monoisotopic (exact) mass is 395 g/mol. The molecule has 1 N–H and O–H groups in total. The fourth-order valence-corrected chi connectivity index (χ4v) is 3.23. The second-order valence-electron chi connectivity index (χ2n) is 7.31. The lowest BCUT2D eigenvalue weighted by Gasteiger charge is -2.09. The summed E-state index contributed by atoms with van der Waals surface area (Å²) >= 11 is 0. The van der Waals surface area contributed by atoms with E-state index in [0.29, 0.717) is 46.9 Å². The van der Waals surface area contributed by atoms with Gasteiger partial charge in [-0.05, 0) is 49.2 Å². The van der Waals surface area contributed by atoms with Crippen LogP contribution in [0.25, 0.3) is 10.9 Å². The van der Waals surface area contributed by atoms with Crippen LogP contribution in [0.15, 0.2) is 47.4 Å². The number of fused-ring (bicyclic) bond motifs is 1. The van der Waals surface area contributed by atoms with Gasteiger partial charge >= 0.3 is 5.97 Å². The molecule has 2 aromatic heterocycles. The standard InChI is InChI=1S/C22H25N3O4/c1-5-29-22(28)15-6-8-16(9-7-15)23-20(26)19-12-17-18(24(19)4)10-11-25(21(17)27)13-14(2)3/h6-12,14H,5,13H2,1-4H3,(H,23,26). The molecule has 0 radical (unpaired) electrons. The maximum Gasteiger partial charge on any atom is 0.338 e. The highest BCUT2D eigenvalue weighted by Gasteiger charge is 2.17. The number of nitrogens with zero attached hydrogens (tertiary/aromatic N) is 2. The molecule has 0 aliphatic rings. The minimum Gasteiger partial charge on any atom is -0.462 e. The summed E-state index contributed by atoms with van der Waals surface area (Å²) in [5, 5.41) is 3.32. The Morgan fingerprint density at radius 2 is 1.83 bits per heavy atom. The van der Waals surface area contributed by atoms with Crippen molar-refractivity contribution in [3.05, 3.63) is 64.2 Å². The van der Waals surface area contributed by atoms with Crippen LogP contribution in [0.4, 0.5) is 5.69 Å². The molecule has 2 heterocycles. The zero-order valence-electron chi connectivity index (χ0n) is 17.1. The van der Waals surface area contributed by atoms with Crippen LogP contribution in [0.1, 0.15) is 41.6 Å². The Hall–Kier alpha value is -3.35. The number of nitrogens with one attached hydrogen (secondary N) is 1. The minimum absolute atomic E-state index is 0.107. The molecule has 7 heteroatoms. The molecule has 0 atom stereocenters. The number of hydrogen-bond donors (Lipinski definition) is 1. The van der Waals surface area contributed by atoms with E-state index >= 15 is 0 Å². The summed E-state index contributed by atoms with van der Waals surface area (Å²) in [5.41, 5.74) is 1.95. The van der Waals surface area contributed by atoms with E-state index in [1.807, 2.05) is 19.9 Å². The summed E-state index contributed by atoms with van der Waals surface area (Å²) in [6.07, 6.45) is 1.76. The first kappa shape index (κ1) is 20.4. The third-order valence-corrected chi connectivity index (χ3v) is 4.63. The van der Waals surface area contributed by atoms with E-state index in [1.165, 1.54) is 0 Å². The van der Waals surface area contributed by atoms with Gasteiger partial charge in [-0.3, -0.25) is 9.59 Å². The van der Waals surface area contributed by atoms with Crippen LogP contribution in [-0.2, 0) is 18.3 Å². The van der Waals surface area contributed by atoms with Gasteiger partial charge in [-0.15, -0.1) is 0 Å². The lowest BCUT2D eigenvalue weighted by Crippen LogP contribution is -2.21. The second-order valence-corrected chi connectivity index (χ2v) is 7.31. The summed E-state index contributed by atoms with van der Waals surface area (Å²) in [6, 6.07) is 9.95. The van der Waals surface area contributed by atoms with Crippen molar-refractivity contribution >= 4 is 28.5 Å². The molecule has 3 rings (SSSR count). The summed E-state index contributed by atoms with van der Waals surface area (Å²) in [7, 11) is 1.76. The van der Waals surface area contributed by atoms with Gasteiger partial charge in [-0.1, -0.05) is 13.8 Å². The molecular weight excluding hydrogens is 370 g/mol. The number of pyridine rings is 1. The molecule has 0 aliphatic heterocycles. The Kier molecular flexibility index (Phi) is 5.87. The molecule has 0 saturated carbocycles. The Morgan fingerprint density at radius 1 is 1.14 bits per heavy atom. The fraction of sp³-hybridized carbons (Fsp3) is 0.318. The van der Waals surface area contributed by atoms with Crippen LogP contribution in [0, 0.1) is 5.92 Å². The third-order valence-electron chi connectivity index (χ3n) is 4.63. The Labute approximate surface area is 168 Å². The average Bonchev–Trinajstić information content (AvgIpc) is 3.02. The van der Waals surface area contributed by atoms with Gasteiger partial charge in [0.2, 0.25) is 0 Å². The van der Waals surface area contributed by atoms with Gasteiger partial charge in [0, 0.05) is 25.5 Å². The summed E-state index contributed by atoms with van der Waals surface area (Å²) in [5.74, 6) is -0.395. The number of amides is 1. The van der Waals surface area contributed by atoms with Gasteiger partial charge in [0.1, 0.15) is 5.69 Å². The van der Waals surface area contributed by atoms with Crippen molar-refractivity contribution in [3.8, 4) is 0 Å². The maximum atomic E-state index is 12.8. The molecule has 0 bridgehead atoms. The number of esters is 1. The maximum absolute atomic E-state index is 12.8. The van der Waals surface area contributed by atoms with E-state index in [0.717, 1.165) is 0 Å². The van der Waals surface area contributed by atoms with Crippen molar-refractivity contribution in [1.29, 1.82) is 0 Å². The Morgan fingerprint density at radius 3 is 2.45 bits per heavy atom. The fourth-order valence-electron chi connectivity index (χ4n) is 3.23. The third kappa shape index (κ3) is 4.23.